The third-order valence-electron chi connectivity index (χ3n) is 6.35. The molecule has 3 fully saturated rings. The van der Waals surface area contributed by atoms with E-state index in [0.29, 0.717) is 6.04 Å². The van der Waals surface area contributed by atoms with Crippen LogP contribution in [0.1, 0.15) is 72.6 Å². The van der Waals surface area contributed by atoms with Crippen molar-refractivity contribution >= 4 is 6.09 Å². The summed E-state index contributed by atoms with van der Waals surface area (Å²) in [4.78, 5) is 14.2. The molecule has 0 aromatic carbocycles. The first kappa shape index (κ1) is 18.0. The Morgan fingerprint density at radius 3 is 2.38 bits per heavy atom. The van der Waals surface area contributed by atoms with Gasteiger partial charge in [-0.25, -0.2) is 4.79 Å². The highest BCUT2D eigenvalue weighted by molar-refractivity contribution is 5.68. The lowest BCUT2D eigenvalue weighted by Crippen LogP contribution is -2.53. The summed E-state index contributed by atoms with van der Waals surface area (Å²) in [5.41, 5.74) is -0.394. The molecule has 1 N–H and O–H groups in total. The zero-order valence-electron chi connectivity index (χ0n) is 16.0. The molecule has 2 heterocycles. The van der Waals surface area contributed by atoms with Crippen molar-refractivity contribution < 1.29 is 9.53 Å². The van der Waals surface area contributed by atoms with Crippen LogP contribution in [0, 0.1) is 17.8 Å². The second kappa shape index (κ2) is 7.23. The summed E-state index contributed by atoms with van der Waals surface area (Å²) >= 11 is 0. The molecule has 1 amide bonds. The van der Waals surface area contributed by atoms with Crippen molar-refractivity contribution in [2.24, 2.45) is 17.8 Å². The zero-order valence-corrected chi connectivity index (χ0v) is 16.0. The van der Waals surface area contributed by atoms with Gasteiger partial charge in [0.15, 0.2) is 0 Å². The maximum Gasteiger partial charge on any atom is 0.410 e. The van der Waals surface area contributed by atoms with Crippen molar-refractivity contribution in [2.75, 3.05) is 13.1 Å². The van der Waals surface area contributed by atoms with Crippen LogP contribution in [0.25, 0.3) is 0 Å². The molecular weight excluding hydrogens is 300 g/mol. The van der Waals surface area contributed by atoms with Crippen LogP contribution in [0.5, 0.6) is 0 Å². The Labute approximate surface area is 147 Å². The number of nitrogens with one attached hydrogen (secondary N) is 1. The number of rotatable bonds is 1. The first-order valence-electron chi connectivity index (χ1n) is 10.1. The average molecular weight is 337 g/mol. The number of fused-ring (bicyclic) bond motifs is 1. The van der Waals surface area contributed by atoms with Gasteiger partial charge in [0.05, 0.1) is 0 Å². The third-order valence-corrected chi connectivity index (χ3v) is 6.35. The molecule has 3 rings (SSSR count). The van der Waals surface area contributed by atoms with E-state index >= 15 is 0 Å². The topological polar surface area (TPSA) is 41.6 Å². The highest BCUT2D eigenvalue weighted by Gasteiger charge is 2.41. The molecule has 138 valence electrons. The first-order valence-corrected chi connectivity index (χ1v) is 10.1. The molecule has 0 spiro atoms. The van der Waals surface area contributed by atoms with E-state index in [4.69, 9.17) is 4.74 Å². The Morgan fingerprint density at radius 2 is 1.71 bits per heavy atom. The van der Waals surface area contributed by atoms with Gasteiger partial charge in [0.25, 0.3) is 0 Å². The molecule has 0 aromatic rings. The summed E-state index contributed by atoms with van der Waals surface area (Å²) in [5.74, 6) is 2.53. The molecule has 24 heavy (non-hydrogen) atoms. The number of carbonyl (C=O) groups is 1. The van der Waals surface area contributed by atoms with Gasteiger partial charge in [0.1, 0.15) is 5.60 Å². The minimum atomic E-state index is -0.394. The Morgan fingerprint density at radius 1 is 1.00 bits per heavy atom. The summed E-state index contributed by atoms with van der Waals surface area (Å²) in [5, 5.41) is 3.86. The Hall–Kier alpha value is -0.770. The number of carbonyl (C=O) groups excluding carboxylic acids is 1. The molecule has 4 nitrogen and oxygen atoms in total. The highest BCUT2D eigenvalue weighted by atomic mass is 16.6. The molecule has 0 aromatic heterocycles. The van der Waals surface area contributed by atoms with Crippen LogP contribution in [0.3, 0.4) is 0 Å². The van der Waals surface area contributed by atoms with E-state index in [0.717, 1.165) is 49.7 Å². The van der Waals surface area contributed by atoms with E-state index in [1.54, 1.807) is 0 Å². The Kier molecular flexibility index (Phi) is 5.43. The van der Waals surface area contributed by atoms with Gasteiger partial charge in [-0.2, -0.15) is 0 Å². The number of hydrogen-bond donors (Lipinski definition) is 1. The molecule has 1 aliphatic carbocycles. The summed E-state index contributed by atoms with van der Waals surface area (Å²) < 4.78 is 5.53. The van der Waals surface area contributed by atoms with Gasteiger partial charge < -0.3 is 15.0 Å². The Balaban J connectivity index is 1.53. The smallest absolute Gasteiger partial charge is 0.410 e. The molecule has 2 aliphatic heterocycles. The quantitative estimate of drug-likeness (QED) is 0.780. The lowest BCUT2D eigenvalue weighted by molar-refractivity contribution is 0.00698. The molecule has 4 atom stereocenters. The van der Waals surface area contributed by atoms with Crippen molar-refractivity contribution in [1.29, 1.82) is 0 Å². The molecule has 0 radical (unpaired) electrons. The van der Waals surface area contributed by atoms with Crippen LogP contribution in [-0.4, -0.2) is 41.8 Å². The van der Waals surface area contributed by atoms with Gasteiger partial charge in [0.2, 0.25) is 0 Å². The summed E-state index contributed by atoms with van der Waals surface area (Å²) in [6.45, 7) is 9.90. The summed E-state index contributed by atoms with van der Waals surface area (Å²) in [7, 11) is 0. The maximum atomic E-state index is 12.3. The van der Waals surface area contributed by atoms with E-state index < -0.39 is 5.60 Å². The lowest BCUT2D eigenvalue weighted by atomic mass is 9.64. The van der Waals surface area contributed by atoms with Gasteiger partial charge in [0, 0.05) is 25.2 Å². The molecule has 2 saturated heterocycles. The number of piperidine rings is 2. The monoisotopic (exact) mass is 336 g/mol. The standard InChI is InChI=1S/C20H36N2O2/c1-14-8-9-17-16(6-5-7-18(17)21-14)15-10-12-22(13-11-15)19(23)24-20(2,3)4/h14-18,21H,5-13H2,1-4H3. The first-order chi connectivity index (χ1) is 11.3. The molecule has 4 unspecified atom stereocenters. The number of likely N-dealkylation sites (tertiary alicyclic amines) is 1. The molecule has 1 saturated carbocycles. The number of hydrogen-bond acceptors (Lipinski definition) is 3. The van der Waals surface area contributed by atoms with Crippen molar-refractivity contribution in [2.45, 2.75) is 90.3 Å². The highest BCUT2D eigenvalue weighted by Crippen LogP contribution is 2.43. The van der Waals surface area contributed by atoms with Crippen LogP contribution in [0.4, 0.5) is 4.79 Å². The second-order valence-electron chi connectivity index (χ2n) is 9.31. The molecule has 4 heteroatoms. The number of ether oxygens (including phenoxy) is 1. The van der Waals surface area contributed by atoms with E-state index in [1.807, 2.05) is 25.7 Å². The molecule has 0 bridgehead atoms. The fraction of sp³-hybridized carbons (Fsp3) is 0.950. The fourth-order valence-corrected chi connectivity index (χ4v) is 5.24. The van der Waals surface area contributed by atoms with Crippen molar-refractivity contribution in [3.8, 4) is 0 Å². The van der Waals surface area contributed by atoms with E-state index in [-0.39, 0.29) is 6.09 Å². The maximum absolute atomic E-state index is 12.3. The number of nitrogens with zero attached hydrogens (tertiary/aromatic N) is 1. The van der Waals surface area contributed by atoms with Crippen molar-refractivity contribution in [3.05, 3.63) is 0 Å². The Bertz CT molecular complexity index is 437. The van der Waals surface area contributed by atoms with Crippen molar-refractivity contribution in [1.82, 2.24) is 10.2 Å². The third kappa shape index (κ3) is 4.25. The van der Waals surface area contributed by atoms with Gasteiger partial charge in [-0.3, -0.25) is 0 Å². The zero-order chi connectivity index (χ0) is 17.3. The minimum Gasteiger partial charge on any atom is -0.444 e. The second-order valence-corrected chi connectivity index (χ2v) is 9.31. The van der Waals surface area contributed by atoms with Crippen molar-refractivity contribution in [3.63, 3.8) is 0 Å². The average Bonchev–Trinajstić information content (AvgIpc) is 2.52. The van der Waals surface area contributed by atoms with Crippen LogP contribution in [0.2, 0.25) is 0 Å². The fourth-order valence-electron chi connectivity index (χ4n) is 5.24. The molecular formula is C20H36N2O2. The largest absolute Gasteiger partial charge is 0.444 e. The number of amides is 1. The lowest BCUT2D eigenvalue weighted by Gasteiger charge is -2.48. The van der Waals surface area contributed by atoms with Crippen LogP contribution >= 0.6 is 0 Å². The summed E-state index contributed by atoms with van der Waals surface area (Å²) in [6, 6.07) is 1.44. The predicted octanol–water partition coefficient (Wildman–Crippen LogP) is 4.19. The van der Waals surface area contributed by atoms with Crippen LogP contribution < -0.4 is 5.32 Å². The SMILES string of the molecule is CC1CCC2C(CCCC2C2CCN(C(=O)OC(C)(C)C)CC2)N1. The van der Waals surface area contributed by atoms with Gasteiger partial charge >= 0.3 is 6.09 Å². The van der Waals surface area contributed by atoms with E-state index in [9.17, 15) is 4.79 Å². The normalized spacial score (nSPS) is 35.4. The van der Waals surface area contributed by atoms with Crippen LogP contribution in [-0.2, 0) is 4.74 Å². The van der Waals surface area contributed by atoms with E-state index in [2.05, 4.69) is 12.2 Å². The predicted molar refractivity (Wildman–Crippen MR) is 97.0 cm³/mol. The minimum absolute atomic E-state index is 0.129. The van der Waals surface area contributed by atoms with E-state index in [1.165, 1.54) is 32.1 Å². The molecule has 3 aliphatic rings. The van der Waals surface area contributed by atoms with Crippen LogP contribution in [0.15, 0.2) is 0 Å². The van der Waals surface area contributed by atoms with Gasteiger partial charge in [-0.05, 0) is 84.0 Å². The van der Waals surface area contributed by atoms with Gasteiger partial charge in [-0.15, -0.1) is 0 Å². The summed E-state index contributed by atoms with van der Waals surface area (Å²) in [6.07, 6.45) is 9.04. The van der Waals surface area contributed by atoms with Gasteiger partial charge in [-0.1, -0.05) is 6.42 Å².